The fourth-order valence-corrected chi connectivity index (χ4v) is 3.74. The van der Waals surface area contributed by atoms with Gasteiger partial charge in [-0.3, -0.25) is 4.40 Å². The zero-order chi connectivity index (χ0) is 18.5. The SMILES string of the molecule is c1coc(CNc2ncc(-c3ccc4c(ccn4C4CC4)c3)c3nncn23)c1. The summed E-state index contributed by atoms with van der Waals surface area (Å²) in [7, 11) is 0. The van der Waals surface area contributed by atoms with E-state index in [-0.39, 0.29) is 0 Å². The van der Waals surface area contributed by atoms with Crippen LogP contribution in [0.25, 0.3) is 27.7 Å². The topological polar surface area (TPSA) is 73.2 Å². The molecule has 6 rings (SSSR count). The zero-order valence-electron chi connectivity index (χ0n) is 15.1. The normalized spacial score (nSPS) is 14.1. The Morgan fingerprint density at radius 3 is 3.00 bits per heavy atom. The summed E-state index contributed by atoms with van der Waals surface area (Å²) >= 11 is 0. The molecule has 0 radical (unpaired) electrons. The average molecular weight is 370 g/mol. The molecule has 1 aliphatic carbocycles. The Morgan fingerprint density at radius 2 is 2.14 bits per heavy atom. The van der Waals surface area contributed by atoms with Crippen molar-refractivity contribution in [2.24, 2.45) is 0 Å². The molecule has 1 aromatic carbocycles. The molecule has 0 atom stereocenters. The molecule has 1 saturated carbocycles. The summed E-state index contributed by atoms with van der Waals surface area (Å²) in [6.45, 7) is 0.549. The van der Waals surface area contributed by atoms with Gasteiger partial charge in [0.25, 0.3) is 0 Å². The number of aromatic nitrogens is 5. The number of nitrogens with one attached hydrogen (secondary N) is 1. The third-order valence-corrected chi connectivity index (χ3v) is 5.31. The van der Waals surface area contributed by atoms with Gasteiger partial charge in [0.15, 0.2) is 5.65 Å². The Bertz CT molecular complexity index is 1280. The second-order valence-electron chi connectivity index (χ2n) is 7.18. The Balaban J connectivity index is 1.38. The lowest BCUT2D eigenvalue weighted by molar-refractivity contribution is 0.517. The van der Waals surface area contributed by atoms with E-state index in [0.29, 0.717) is 18.5 Å². The molecular weight excluding hydrogens is 352 g/mol. The summed E-state index contributed by atoms with van der Waals surface area (Å²) in [6.07, 6.45) is 9.95. The zero-order valence-corrected chi connectivity index (χ0v) is 15.1. The average Bonchev–Trinajstić information content (AvgIpc) is 3.15. The lowest BCUT2D eigenvalue weighted by Crippen LogP contribution is -2.06. The first kappa shape index (κ1) is 15.4. The molecule has 0 aliphatic heterocycles. The van der Waals surface area contributed by atoms with Gasteiger partial charge in [0.2, 0.25) is 5.95 Å². The molecule has 28 heavy (non-hydrogen) atoms. The van der Waals surface area contributed by atoms with E-state index in [1.807, 2.05) is 22.7 Å². The van der Waals surface area contributed by atoms with Crippen LogP contribution in [-0.4, -0.2) is 24.1 Å². The van der Waals surface area contributed by atoms with Gasteiger partial charge in [0.05, 0.1) is 12.8 Å². The molecule has 0 unspecified atom stereocenters. The highest BCUT2D eigenvalue weighted by atomic mass is 16.3. The van der Waals surface area contributed by atoms with Crippen molar-refractivity contribution in [3.8, 4) is 11.1 Å². The van der Waals surface area contributed by atoms with Crippen molar-refractivity contribution in [3.05, 3.63) is 67.1 Å². The van der Waals surface area contributed by atoms with Crippen LogP contribution in [-0.2, 0) is 6.54 Å². The number of hydrogen-bond donors (Lipinski definition) is 1. The second-order valence-corrected chi connectivity index (χ2v) is 7.18. The van der Waals surface area contributed by atoms with Crippen molar-refractivity contribution >= 4 is 22.5 Å². The minimum Gasteiger partial charge on any atom is -0.467 e. The Morgan fingerprint density at radius 1 is 1.18 bits per heavy atom. The van der Waals surface area contributed by atoms with Crippen molar-refractivity contribution in [1.29, 1.82) is 0 Å². The molecule has 1 aliphatic rings. The van der Waals surface area contributed by atoms with E-state index in [4.69, 9.17) is 4.42 Å². The van der Waals surface area contributed by atoms with E-state index in [1.165, 1.54) is 23.7 Å². The van der Waals surface area contributed by atoms with Gasteiger partial charge in [-0.1, -0.05) is 6.07 Å². The lowest BCUT2D eigenvalue weighted by Gasteiger charge is -2.09. The maximum absolute atomic E-state index is 5.37. The molecular formula is C21H18N6O. The Kier molecular flexibility index (Phi) is 3.28. The summed E-state index contributed by atoms with van der Waals surface area (Å²) in [5.74, 6) is 1.53. The van der Waals surface area contributed by atoms with Gasteiger partial charge >= 0.3 is 0 Å². The number of hydrogen-bond acceptors (Lipinski definition) is 5. The summed E-state index contributed by atoms with van der Waals surface area (Å²) < 4.78 is 9.63. The Hall–Kier alpha value is -3.61. The first-order valence-corrected chi connectivity index (χ1v) is 9.43. The summed E-state index contributed by atoms with van der Waals surface area (Å²) in [5.41, 5.74) is 4.11. The van der Waals surface area contributed by atoms with E-state index in [0.717, 1.165) is 22.5 Å². The third kappa shape index (κ3) is 2.47. The third-order valence-electron chi connectivity index (χ3n) is 5.31. The van der Waals surface area contributed by atoms with Crippen molar-refractivity contribution in [2.75, 3.05) is 5.32 Å². The molecule has 1 N–H and O–H groups in total. The molecule has 0 saturated heterocycles. The molecule has 7 nitrogen and oxygen atoms in total. The van der Waals surface area contributed by atoms with Crippen LogP contribution in [0.4, 0.5) is 5.95 Å². The van der Waals surface area contributed by atoms with E-state index in [1.54, 1.807) is 12.6 Å². The number of furan rings is 1. The van der Waals surface area contributed by atoms with E-state index in [9.17, 15) is 0 Å². The first-order chi connectivity index (χ1) is 13.9. The van der Waals surface area contributed by atoms with Crippen LogP contribution in [0, 0.1) is 0 Å². The van der Waals surface area contributed by atoms with Crippen LogP contribution in [0.1, 0.15) is 24.6 Å². The monoisotopic (exact) mass is 370 g/mol. The summed E-state index contributed by atoms with van der Waals surface area (Å²) in [6, 6.07) is 13.2. The van der Waals surface area contributed by atoms with Gasteiger partial charge in [-0.05, 0) is 48.7 Å². The van der Waals surface area contributed by atoms with Gasteiger partial charge in [-0.2, -0.15) is 0 Å². The van der Waals surface area contributed by atoms with Gasteiger partial charge in [-0.15, -0.1) is 10.2 Å². The predicted molar refractivity (Wildman–Crippen MR) is 106 cm³/mol. The quantitative estimate of drug-likeness (QED) is 0.500. The standard InChI is InChI=1S/C21H18N6O/c1-2-17(28-9-1)11-22-21-23-12-18(20-25-24-13-27(20)21)14-3-6-19-15(10-14)7-8-26(19)16-4-5-16/h1-3,6-10,12-13,16H,4-5,11H2,(H,22,23). The molecule has 7 heteroatoms. The van der Waals surface area contributed by atoms with Crippen LogP contribution in [0.2, 0.25) is 0 Å². The number of rotatable bonds is 5. The van der Waals surface area contributed by atoms with E-state index >= 15 is 0 Å². The van der Waals surface area contributed by atoms with Crippen molar-refractivity contribution in [1.82, 2.24) is 24.1 Å². The number of benzene rings is 1. The maximum atomic E-state index is 5.37. The highest BCUT2D eigenvalue weighted by molar-refractivity contribution is 5.88. The fraction of sp³-hybridized carbons (Fsp3) is 0.190. The second kappa shape index (κ2) is 5.95. The molecule has 138 valence electrons. The Labute approximate surface area is 160 Å². The summed E-state index contributed by atoms with van der Waals surface area (Å²) in [4.78, 5) is 4.60. The van der Waals surface area contributed by atoms with E-state index < -0.39 is 0 Å². The van der Waals surface area contributed by atoms with Crippen molar-refractivity contribution in [3.63, 3.8) is 0 Å². The van der Waals surface area contributed by atoms with Gasteiger partial charge in [0, 0.05) is 34.9 Å². The van der Waals surface area contributed by atoms with Crippen LogP contribution < -0.4 is 5.32 Å². The van der Waals surface area contributed by atoms with Crippen LogP contribution >= 0.6 is 0 Å². The largest absolute Gasteiger partial charge is 0.467 e. The number of fused-ring (bicyclic) bond motifs is 2. The highest BCUT2D eigenvalue weighted by Gasteiger charge is 2.24. The molecule has 0 spiro atoms. The minimum absolute atomic E-state index is 0.549. The number of nitrogens with zero attached hydrogens (tertiary/aromatic N) is 5. The fourth-order valence-electron chi connectivity index (χ4n) is 3.74. The smallest absolute Gasteiger partial charge is 0.210 e. The van der Waals surface area contributed by atoms with Crippen LogP contribution in [0.3, 0.4) is 0 Å². The van der Waals surface area contributed by atoms with E-state index in [2.05, 4.69) is 55.5 Å². The van der Waals surface area contributed by atoms with Gasteiger partial charge in [-0.25, -0.2) is 4.98 Å². The number of anilines is 1. The van der Waals surface area contributed by atoms with Crippen LogP contribution in [0.5, 0.6) is 0 Å². The minimum atomic E-state index is 0.549. The highest BCUT2D eigenvalue weighted by Crippen LogP contribution is 2.38. The van der Waals surface area contributed by atoms with Crippen molar-refractivity contribution < 1.29 is 4.42 Å². The molecule has 0 bridgehead atoms. The molecule has 4 aromatic heterocycles. The summed E-state index contributed by atoms with van der Waals surface area (Å²) in [5, 5.41) is 12.9. The predicted octanol–water partition coefficient (Wildman–Crippen LogP) is 4.29. The molecule has 5 aromatic rings. The van der Waals surface area contributed by atoms with Crippen molar-refractivity contribution in [2.45, 2.75) is 25.4 Å². The van der Waals surface area contributed by atoms with Gasteiger partial charge in [0.1, 0.15) is 12.1 Å². The molecule has 4 heterocycles. The molecule has 1 fully saturated rings. The van der Waals surface area contributed by atoms with Gasteiger partial charge < -0.3 is 14.3 Å². The lowest BCUT2D eigenvalue weighted by atomic mass is 10.1. The first-order valence-electron chi connectivity index (χ1n) is 9.43. The molecule has 0 amide bonds. The maximum Gasteiger partial charge on any atom is 0.210 e. The van der Waals surface area contributed by atoms with Crippen LogP contribution in [0.15, 0.2) is 65.8 Å².